The highest BCUT2D eigenvalue weighted by Gasteiger charge is 2.79. The number of rotatable bonds is 4. The lowest BCUT2D eigenvalue weighted by atomic mass is 9.52. The first kappa shape index (κ1) is 22.0. The van der Waals surface area contributed by atoms with Crippen molar-refractivity contribution in [2.75, 3.05) is 5.32 Å². The van der Waals surface area contributed by atoms with Crippen molar-refractivity contribution >= 4 is 17.5 Å². The molecule has 4 unspecified atom stereocenters. The molecular weight excluding hydrogens is 418 g/mol. The van der Waals surface area contributed by atoms with Crippen molar-refractivity contribution in [1.82, 2.24) is 0 Å². The van der Waals surface area contributed by atoms with Crippen molar-refractivity contribution in [3.05, 3.63) is 65.7 Å². The first-order valence-electron chi connectivity index (χ1n) is 10.4. The van der Waals surface area contributed by atoms with Gasteiger partial charge in [-0.2, -0.15) is 15.8 Å². The van der Waals surface area contributed by atoms with Crippen LogP contribution in [-0.4, -0.2) is 17.6 Å². The van der Waals surface area contributed by atoms with Gasteiger partial charge < -0.3 is 14.8 Å². The second kappa shape index (κ2) is 7.74. The van der Waals surface area contributed by atoms with E-state index in [0.717, 1.165) is 5.56 Å². The van der Waals surface area contributed by atoms with E-state index in [-0.39, 0.29) is 12.3 Å². The summed E-state index contributed by atoms with van der Waals surface area (Å²) in [5.74, 6) is -2.84. The van der Waals surface area contributed by atoms with Crippen molar-refractivity contribution in [2.24, 2.45) is 16.7 Å². The van der Waals surface area contributed by atoms with Gasteiger partial charge in [0.15, 0.2) is 5.41 Å². The molecule has 0 aromatic heterocycles. The largest absolute Gasteiger partial charge is 0.448 e. The molecule has 2 saturated heterocycles. The second-order valence-corrected chi connectivity index (χ2v) is 8.44. The molecule has 2 bridgehead atoms. The number of hydrogen-bond acceptors (Lipinski definition) is 7. The van der Waals surface area contributed by atoms with Crippen LogP contribution in [0, 0.1) is 56.2 Å². The van der Waals surface area contributed by atoms with Gasteiger partial charge in [-0.1, -0.05) is 42.5 Å². The molecule has 2 N–H and O–H groups in total. The minimum Gasteiger partial charge on any atom is -0.448 e. The Morgan fingerprint density at radius 2 is 1.70 bits per heavy atom. The van der Waals surface area contributed by atoms with Crippen LogP contribution in [0.5, 0.6) is 0 Å². The van der Waals surface area contributed by atoms with Gasteiger partial charge in [-0.25, -0.2) is 0 Å². The molecule has 8 nitrogen and oxygen atoms in total. The lowest BCUT2D eigenvalue weighted by Gasteiger charge is -2.48. The molecule has 2 heterocycles. The van der Waals surface area contributed by atoms with Crippen LogP contribution in [0.3, 0.4) is 0 Å². The Labute approximate surface area is 191 Å². The number of carbonyl (C=O) groups is 1. The summed E-state index contributed by atoms with van der Waals surface area (Å²) in [5, 5.41) is 42.4. The van der Waals surface area contributed by atoms with Gasteiger partial charge in [-0.05, 0) is 29.7 Å². The minimum atomic E-state index is -2.04. The van der Waals surface area contributed by atoms with Crippen molar-refractivity contribution in [1.29, 1.82) is 21.2 Å². The maximum atomic E-state index is 11.3. The van der Waals surface area contributed by atoms with E-state index in [9.17, 15) is 20.6 Å². The summed E-state index contributed by atoms with van der Waals surface area (Å²) in [6.07, 6.45) is -0.870. The molecule has 0 spiro atoms. The molecule has 2 aromatic carbocycles. The smallest absolute Gasteiger partial charge is 0.221 e. The standard InChI is InChI=1S/C25H21N5O3/c1-16(31)30-19-10-8-18(9-11-19)21-24(13-26,14-27)25(15-28)20(12-17-6-4-3-5-7-17)23(2,32-21)33-22(25)29/h3-11,20-21,29H,12H2,1-2H3,(H,30,31). The van der Waals surface area contributed by atoms with Crippen LogP contribution >= 0.6 is 0 Å². The summed E-state index contributed by atoms with van der Waals surface area (Å²) in [6, 6.07) is 22.1. The monoisotopic (exact) mass is 439 g/mol. The molecule has 164 valence electrons. The van der Waals surface area contributed by atoms with Crippen molar-refractivity contribution < 1.29 is 14.3 Å². The molecule has 2 aliphatic rings. The molecule has 2 aliphatic heterocycles. The highest BCUT2D eigenvalue weighted by atomic mass is 16.7. The number of nitrogens with zero attached hydrogens (tertiary/aromatic N) is 3. The van der Waals surface area contributed by atoms with Crippen LogP contribution in [0.15, 0.2) is 54.6 Å². The predicted octanol–water partition coefficient (Wildman–Crippen LogP) is 3.84. The average molecular weight is 439 g/mol. The first-order chi connectivity index (χ1) is 15.8. The van der Waals surface area contributed by atoms with Gasteiger partial charge in [-0.15, -0.1) is 0 Å². The third-order valence-electron chi connectivity index (χ3n) is 6.53. The zero-order valence-corrected chi connectivity index (χ0v) is 18.1. The van der Waals surface area contributed by atoms with E-state index in [0.29, 0.717) is 11.3 Å². The number of nitrogens with one attached hydrogen (secondary N) is 2. The molecule has 4 atom stereocenters. The highest BCUT2D eigenvalue weighted by molar-refractivity contribution is 5.90. The van der Waals surface area contributed by atoms with Gasteiger partial charge in [0.25, 0.3) is 0 Å². The number of nitriles is 3. The van der Waals surface area contributed by atoms with Gasteiger partial charge in [0.2, 0.25) is 23.0 Å². The third kappa shape index (κ3) is 3.06. The normalized spacial score (nSPS) is 29.1. The fourth-order valence-corrected chi connectivity index (χ4v) is 4.98. The lowest BCUT2D eigenvalue weighted by molar-refractivity contribution is -0.272. The number of carbonyl (C=O) groups excluding carboxylic acids is 1. The van der Waals surface area contributed by atoms with E-state index in [1.54, 1.807) is 31.2 Å². The Balaban J connectivity index is 1.86. The van der Waals surface area contributed by atoms with E-state index >= 15 is 0 Å². The fourth-order valence-electron chi connectivity index (χ4n) is 4.98. The van der Waals surface area contributed by atoms with Crippen LogP contribution in [0.2, 0.25) is 0 Å². The van der Waals surface area contributed by atoms with Crippen LogP contribution in [0.4, 0.5) is 5.69 Å². The third-order valence-corrected chi connectivity index (χ3v) is 6.53. The second-order valence-electron chi connectivity index (χ2n) is 8.44. The van der Waals surface area contributed by atoms with Crippen LogP contribution in [0.1, 0.15) is 31.1 Å². The number of hydrogen-bond donors (Lipinski definition) is 2. The van der Waals surface area contributed by atoms with Crippen LogP contribution in [0.25, 0.3) is 0 Å². The van der Waals surface area contributed by atoms with E-state index in [2.05, 4.69) is 11.4 Å². The summed E-state index contributed by atoms with van der Waals surface area (Å²) in [5.41, 5.74) is -2.01. The maximum absolute atomic E-state index is 11.3. The highest BCUT2D eigenvalue weighted by Crippen LogP contribution is 2.66. The molecule has 4 rings (SSSR count). The quantitative estimate of drug-likeness (QED) is 0.741. The molecular formula is C25H21N5O3. The van der Waals surface area contributed by atoms with Crippen LogP contribution < -0.4 is 5.32 Å². The summed E-state index contributed by atoms with van der Waals surface area (Å²) in [7, 11) is 0. The SMILES string of the molecule is CC(=O)Nc1ccc(C2OC3(C)OC(=N)C(C#N)(C3Cc3ccccc3)C2(C#N)C#N)cc1. The lowest BCUT2D eigenvalue weighted by Crippen LogP contribution is -2.59. The summed E-state index contributed by atoms with van der Waals surface area (Å²) >= 11 is 0. The summed E-state index contributed by atoms with van der Waals surface area (Å²) in [6.45, 7) is 3.03. The van der Waals surface area contributed by atoms with E-state index in [4.69, 9.17) is 14.9 Å². The van der Waals surface area contributed by atoms with Crippen molar-refractivity contribution in [3.63, 3.8) is 0 Å². The Kier molecular flexibility index (Phi) is 5.17. The first-order valence-corrected chi connectivity index (χ1v) is 10.4. The Bertz CT molecular complexity index is 1220. The molecule has 33 heavy (non-hydrogen) atoms. The van der Waals surface area contributed by atoms with Gasteiger partial charge in [0.05, 0.1) is 24.1 Å². The number of ether oxygens (including phenoxy) is 2. The topological polar surface area (TPSA) is 143 Å². The molecule has 1 amide bonds. The predicted molar refractivity (Wildman–Crippen MR) is 117 cm³/mol. The number of anilines is 1. The molecule has 2 fully saturated rings. The zero-order valence-electron chi connectivity index (χ0n) is 18.1. The summed E-state index contributed by atoms with van der Waals surface area (Å²) in [4.78, 5) is 11.3. The van der Waals surface area contributed by atoms with E-state index in [1.165, 1.54) is 6.92 Å². The molecule has 0 aliphatic carbocycles. The molecule has 0 radical (unpaired) electrons. The number of fused-ring (bicyclic) bond motifs is 2. The molecule has 2 aromatic rings. The van der Waals surface area contributed by atoms with E-state index < -0.39 is 34.5 Å². The number of benzene rings is 2. The Morgan fingerprint density at radius 3 is 2.24 bits per heavy atom. The minimum absolute atomic E-state index is 0.236. The Hall–Kier alpha value is -4.19. The molecule has 8 heteroatoms. The number of amides is 1. The van der Waals surface area contributed by atoms with Crippen molar-refractivity contribution in [2.45, 2.75) is 32.2 Å². The summed E-state index contributed by atoms with van der Waals surface area (Å²) < 4.78 is 12.1. The van der Waals surface area contributed by atoms with Gasteiger partial charge in [-0.3, -0.25) is 10.2 Å². The van der Waals surface area contributed by atoms with Crippen molar-refractivity contribution in [3.8, 4) is 18.2 Å². The van der Waals surface area contributed by atoms with Gasteiger partial charge in [0.1, 0.15) is 6.10 Å². The van der Waals surface area contributed by atoms with Crippen LogP contribution in [-0.2, 0) is 20.7 Å². The van der Waals surface area contributed by atoms with Gasteiger partial charge in [0, 0.05) is 19.5 Å². The molecule has 0 saturated carbocycles. The maximum Gasteiger partial charge on any atom is 0.221 e. The fraction of sp³-hybridized carbons (Fsp3) is 0.320. The van der Waals surface area contributed by atoms with E-state index in [1.807, 2.05) is 42.5 Å². The van der Waals surface area contributed by atoms with Gasteiger partial charge >= 0.3 is 0 Å². The average Bonchev–Trinajstić information content (AvgIpc) is 2.96. The Morgan fingerprint density at radius 1 is 1.06 bits per heavy atom. The zero-order chi connectivity index (χ0) is 23.9.